The summed E-state index contributed by atoms with van der Waals surface area (Å²) in [4.78, 5) is 13.9. The van der Waals surface area contributed by atoms with Crippen molar-refractivity contribution in [2.24, 2.45) is 5.92 Å². The maximum absolute atomic E-state index is 12.0. The molecule has 0 radical (unpaired) electrons. The molecule has 2 atom stereocenters. The van der Waals surface area contributed by atoms with Gasteiger partial charge in [-0.15, -0.1) is 0 Å². The Morgan fingerprint density at radius 1 is 1.38 bits per heavy atom. The number of rotatable bonds is 4. The molecular weight excluding hydrogens is 202 g/mol. The third kappa shape index (κ3) is 3.82. The van der Waals surface area contributed by atoms with E-state index in [-0.39, 0.29) is 17.9 Å². The van der Waals surface area contributed by atoms with E-state index in [1.54, 1.807) is 0 Å². The van der Waals surface area contributed by atoms with E-state index in [0.29, 0.717) is 6.54 Å². The number of nitrogens with one attached hydrogen (secondary N) is 1. The van der Waals surface area contributed by atoms with Gasteiger partial charge in [-0.05, 0) is 33.1 Å². The SMILES string of the molecule is CC(C#N)CNC(C)C(=O)N1CCCCC1. The number of hydrogen-bond acceptors (Lipinski definition) is 3. The van der Waals surface area contributed by atoms with Crippen LogP contribution in [-0.2, 0) is 4.79 Å². The van der Waals surface area contributed by atoms with Gasteiger partial charge in [0.25, 0.3) is 0 Å². The normalized spacial score (nSPS) is 19.9. The summed E-state index contributed by atoms with van der Waals surface area (Å²) in [5.41, 5.74) is 0. The monoisotopic (exact) mass is 223 g/mol. The summed E-state index contributed by atoms with van der Waals surface area (Å²) >= 11 is 0. The van der Waals surface area contributed by atoms with Crippen LogP contribution in [0.1, 0.15) is 33.1 Å². The molecule has 0 aromatic carbocycles. The Bertz CT molecular complexity index is 266. The van der Waals surface area contributed by atoms with Gasteiger partial charge in [-0.25, -0.2) is 0 Å². The fraction of sp³-hybridized carbons (Fsp3) is 0.833. The van der Waals surface area contributed by atoms with E-state index < -0.39 is 0 Å². The lowest BCUT2D eigenvalue weighted by molar-refractivity contribution is -0.133. The fourth-order valence-electron chi connectivity index (χ4n) is 1.87. The molecule has 4 heteroatoms. The fourth-order valence-corrected chi connectivity index (χ4v) is 1.87. The second-order valence-electron chi connectivity index (χ2n) is 4.55. The molecule has 1 rings (SSSR count). The standard InChI is InChI=1S/C12H21N3O/c1-10(8-13)9-14-11(2)12(16)15-6-4-3-5-7-15/h10-11,14H,3-7,9H2,1-2H3. The van der Waals surface area contributed by atoms with Crippen LogP contribution in [0.5, 0.6) is 0 Å². The smallest absolute Gasteiger partial charge is 0.239 e. The Kier molecular flexibility index (Phi) is 5.27. The first-order chi connectivity index (χ1) is 7.65. The lowest BCUT2D eigenvalue weighted by Gasteiger charge is -2.29. The number of hydrogen-bond donors (Lipinski definition) is 1. The summed E-state index contributed by atoms with van der Waals surface area (Å²) in [6.07, 6.45) is 3.47. The molecule has 1 aliphatic heterocycles. The molecule has 0 bridgehead atoms. The minimum atomic E-state index is -0.172. The van der Waals surface area contributed by atoms with Crippen molar-refractivity contribution in [1.82, 2.24) is 10.2 Å². The molecule has 0 saturated carbocycles. The minimum absolute atomic E-state index is 0.0448. The Hall–Kier alpha value is -1.08. The third-order valence-corrected chi connectivity index (χ3v) is 2.99. The van der Waals surface area contributed by atoms with Gasteiger partial charge >= 0.3 is 0 Å². The van der Waals surface area contributed by atoms with Crippen molar-refractivity contribution in [3.05, 3.63) is 0 Å². The summed E-state index contributed by atoms with van der Waals surface area (Å²) in [6.45, 7) is 6.08. The Labute approximate surface area is 97.6 Å². The summed E-state index contributed by atoms with van der Waals surface area (Å²) < 4.78 is 0. The maximum atomic E-state index is 12.0. The first-order valence-electron chi connectivity index (χ1n) is 6.07. The highest BCUT2D eigenvalue weighted by molar-refractivity contribution is 5.81. The van der Waals surface area contributed by atoms with Crippen molar-refractivity contribution in [2.75, 3.05) is 19.6 Å². The molecule has 1 saturated heterocycles. The van der Waals surface area contributed by atoms with Crippen LogP contribution in [0.4, 0.5) is 0 Å². The van der Waals surface area contributed by atoms with Crippen LogP contribution in [0.2, 0.25) is 0 Å². The molecule has 1 heterocycles. The predicted octanol–water partition coefficient (Wildman–Crippen LogP) is 1.14. The molecule has 2 unspecified atom stereocenters. The van der Waals surface area contributed by atoms with Gasteiger partial charge in [0.15, 0.2) is 0 Å². The van der Waals surface area contributed by atoms with E-state index in [2.05, 4.69) is 11.4 Å². The van der Waals surface area contributed by atoms with Crippen LogP contribution >= 0.6 is 0 Å². The number of piperidine rings is 1. The van der Waals surface area contributed by atoms with Crippen molar-refractivity contribution in [1.29, 1.82) is 5.26 Å². The molecule has 0 aromatic rings. The highest BCUT2D eigenvalue weighted by Crippen LogP contribution is 2.09. The number of amides is 1. The Morgan fingerprint density at radius 2 is 2.00 bits per heavy atom. The number of nitriles is 1. The second kappa shape index (κ2) is 6.49. The van der Waals surface area contributed by atoms with Crippen LogP contribution in [0.3, 0.4) is 0 Å². The van der Waals surface area contributed by atoms with Crippen LogP contribution in [-0.4, -0.2) is 36.5 Å². The first kappa shape index (κ1) is 13.0. The molecular formula is C12H21N3O. The van der Waals surface area contributed by atoms with Gasteiger partial charge in [0.1, 0.15) is 0 Å². The average Bonchev–Trinajstić information content (AvgIpc) is 2.35. The quantitative estimate of drug-likeness (QED) is 0.777. The topological polar surface area (TPSA) is 56.1 Å². The van der Waals surface area contributed by atoms with Crippen molar-refractivity contribution in [3.63, 3.8) is 0 Å². The van der Waals surface area contributed by atoms with Crippen molar-refractivity contribution in [3.8, 4) is 6.07 Å². The molecule has 0 aliphatic carbocycles. The highest BCUT2D eigenvalue weighted by atomic mass is 16.2. The van der Waals surface area contributed by atoms with E-state index in [9.17, 15) is 4.79 Å². The summed E-state index contributed by atoms with van der Waals surface area (Å²) in [7, 11) is 0. The van der Waals surface area contributed by atoms with E-state index in [4.69, 9.17) is 5.26 Å². The third-order valence-electron chi connectivity index (χ3n) is 2.99. The number of nitrogens with zero attached hydrogens (tertiary/aromatic N) is 2. The Morgan fingerprint density at radius 3 is 2.56 bits per heavy atom. The van der Waals surface area contributed by atoms with E-state index in [0.717, 1.165) is 25.9 Å². The first-order valence-corrected chi connectivity index (χ1v) is 6.07. The lowest BCUT2D eigenvalue weighted by atomic mass is 10.1. The summed E-state index contributed by atoms with van der Waals surface area (Å²) in [6, 6.07) is 1.98. The van der Waals surface area contributed by atoms with Gasteiger partial charge in [0, 0.05) is 19.6 Å². The van der Waals surface area contributed by atoms with Crippen molar-refractivity contribution in [2.45, 2.75) is 39.2 Å². The molecule has 1 aliphatic rings. The highest BCUT2D eigenvalue weighted by Gasteiger charge is 2.21. The minimum Gasteiger partial charge on any atom is -0.341 e. The molecule has 90 valence electrons. The van der Waals surface area contributed by atoms with Gasteiger partial charge in [0.2, 0.25) is 5.91 Å². The number of carbonyl (C=O) groups excluding carboxylic acids is 1. The van der Waals surface area contributed by atoms with Crippen LogP contribution in [0.15, 0.2) is 0 Å². The predicted molar refractivity (Wildman–Crippen MR) is 62.7 cm³/mol. The largest absolute Gasteiger partial charge is 0.341 e. The zero-order valence-corrected chi connectivity index (χ0v) is 10.2. The molecule has 1 amide bonds. The molecule has 0 aromatic heterocycles. The number of carbonyl (C=O) groups is 1. The molecule has 1 fully saturated rings. The molecule has 16 heavy (non-hydrogen) atoms. The summed E-state index contributed by atoms with van der Waals surface area (Å²) in [5, 5.41) is 11.8. The second-order valence-corrected chi connectivity index (χ2v) is 4.55. The molecule has 0 spiro atoms. The number of likely N-dealkylation sites (tertiary alicyclic amines) is 1. The van der Waals surface area contributed by atoms with Crippen LogP contribution in [0.25, 0.3) is 0 Å². The lowest BCUT2D eigenvalue weighted by Crippen LogP contribution is -2.47. The van der Waals surface area contributed by atoms with Gasteiger partial charge in [-0.2, -0.15) is 5.26 Å². The van der Waals surface area contributed by atoms with Gasteiger partial charge in [0.05, 0.1) is 18.0 Å². The Balaban J connectivity index is 2.32. The van der Waals surface area contributed by atoms with Crippen LogP contribution < -0.4 is 5.32 Å². The van der Waals surface area contributed by atoms with E-state index in [1.807, 2.05) is 18.7 Å². The zero-order valence-electron chi connectivity index (χ0n) is 10.2. The molecule has 4 nitrogen and oxygen atoms in total. The zero-order chi connectivity index (χ0) is 12.0. The van der Waals surface area contributed by atoms with E-state index in [1.165, 1.54) is 6.42 Å². The van der Waals surface area contributed by atoms with Gasteiger partial charge < -0.3 is 10.2 Å². The van der Waals surface area contributed by atoms with Crippen molar-refractivity contribution < 1.29 is 4.79 Å². The van der Waals surface area contributed by atoms with Gasteiger partial charge in [-0.3, -0.25) is 4.79 Å². The van der Waals surface area contributed by atoms with E-state index >= 15 is 0 Å². The van der Waals surface area contributed by atoms with Gasteiger partial charge in [-0.1, -0.05) is 0 Å². The molecule has 1 N–H and O–H groups in total. The maximum Gasteiger partial charge on any atom is 0.239 e. The average molecular weight is 223 g/mol. The van der Waals surface area contributed by atoms with Crippen LogP contribution in [0, 0.1) is 17.2 Å². The van der Waals surface area contributed by atoms with Crippen molar-refractivity contribution >= 4 is 5.91 Å². The summed E-state index contributed by atoms with van der Waals surface area (Å²) in [5.74, 6) is 0.126.